The SMILES string of the molecule is C=CCNC(=O)c1sc2nc(CCCC)ccc2c1N. The Morgan fingerprint density at radius 2 is 2.35 bits per heavy atom. The summed E-state index contributed by atoms with van der Waals surface area (Å²) in [4.78, 5) is 18.0. The van der Waals surface area contributed by atoms with Gasteiger partial charge in [-0.2, -0.15) is 0 Å². The summed E-state index contributed by atoms with van der Waals surface area (Å²) in [5, 5.41) is 3.61. The van der Waals surface area contributed by atoms with Gasteiger partial charge in [-0.25, -0.2) is 4.98 Å². The number of nitrogens with zero attached hydrogens (tertiary/aromatic N) is 1. The molecule has 0 radical (unpaired) electrons. The summed E-state index contributed by atoms with van der Waals surface area (Å²) < 4.78 is 0. The van der Waals surface area contributed by atoms with E-state index in [1.54, 1.807) is 6.08 Å². The molecule has 0 aliphatic rings. The van der Waals surface area contributed by atoms with Crippen LogP contribution in [0.4, 0.5) is 5.69 Å². The zero-order chi connectivity index (χ0) is 14.5. The van der Waals surface area contributed by atoms with Crippen molar-refractivity contribution in [2.75, 3.05) is 12.3 Å². The van der Waals surface area contributed by atoms with Gasteiger partial charge in [0.05, 0.1) is 5.69 Å². The average molecular weight is 289 g/mol. The van der Waals surface area contributed by atoms with Crippen LogP contribution in [0.2, 0.25) is 0 Å². The summed E-state index contributed by atoms with van der Waals surface area (Å²) in [7, 11) is 0. The molecule has 0 aliphatic carbocycles. The molecule has 0 atom stereocenters. The van der Waals surface area contributed by atoms with Crippen LogP contribution in [0.25, 0.3) is 10.2 Å². The van der Waals surface area contributed by atoms with Crippen molar-refractivity contribution in [1.29, 1.82) is 0 Å². The number of hydrogen-bond donors (Lipinski definition) is 2. The quantitative estimate of drug-likeness (QED) is 0.803. The Hall–Kier alpha value is -1.88. The minimum atomic E-state index is -0.166. The molecule has 20 heavy (non-hydrogen) atoms. The number of nitrogens with two attached hydrogens (primary N) is 1. The number of nitrogen functional groups attached to an aromatic ring is 1. The summed E-state index contributed by atoms with van der Waals surface area (Å²) in [6.45, 7) is 6.17. The van der Waals surface area contributed by atoms with E-state index in [1.807, 2.05) is 12.1 Å². The lowest BCUT2D eigenvalue weighted by Crippen LogP contribution is -2.22. The van der Waals surface area contributed by atoms with E-state index in [0.717, 1.165) is 35.2 Å². The topological polar surface area (TPSA) is 68.0 Å². The van der Waals surface area contributed by atoms with E-state index in [2.05, 4.69) is 23.8 Å². The first-order valence-corrected chi connectivity index (χ1v) is 7.56. The maximum atomic E-state index is 12.0. The number of carbonyl (C=O) groups is 1. The van der Waals surface area contributed by atoms with E-state index in [1.165, 1.54) is 11.3 Å². The number of amides is 1. The highest BCUT2D eigenvalue weighted by Crippen LogP contribution is 2.32. The molecule has 2 rings (SSSR count). The third kappa shape index (κ3) is 2.99. The lowest BCUT2D eigenvalue weighted by atomic mass is 10.1. The van der Waals surface area contributed by atoms with E-state index in [9.17, 15) is 4.79 Å². The van der Waals surface area contributed by atoms with Crippen LogP contribution in [0.3, 0.4) is 0 Å². The number of rotatable bonds is 6. The van der Waals surface area contributed by atoms with Crippen LogP contribution >= 0.6 is 11.3 Å². The molecule has 0 aromatic carbocycles. The molecule has 2 aromatic heterocycles. The number of aryl methyl sites for hydroxylation is 1. The lowest BCUT2D eigenvalue weighted by Gasteiger charge is -2.00. The molecule has 0 saturated carbocycles. The minimum absolute atomic E-state index is 0.166. The highest BCUT2D eigenvalue weighted by atomic mass is 32.1. The normalized spacial score (nSPS) is 10.7. The molecular formula is C15H19N3OS. The van der Waals surface area contributed by atoms with E-state index >= 15 is 0 Å². The Bertz CT molecular complexity index is 633. The summed E-state index contributed by atoms with van der Waals surface area (Å²) in [6.07, 6.45) is 4.86. The van der Waals surface area contributed by atoms with Crippen molar-refractivity contribution in [2.45, 2.75) is 26.2 Å². The second-order valence-corrected chi connectivity index (χ2v) is 5.60. The van der Waals surface area contributed by atoms with Gasteiger partial charge in [0.1, 0.15) is 9.71 Å². The molecule has 0 spiro atoms. The van der Waals surface area contributed by atoms with E-state index in [4.69, 9.17) is 5.73 Å². The molecular weight excluding hydrogens is 270 g/mol. The molecule has 0 unspecified atom stereocenters. The molecule has 0 bridgehead atoms. The monoisotopic (exact) mass is 289 g/mol. The van der Waals surface area contributed by atoms with Crippen LogP contribution in [0.5, 0.6) is 0 Å². The fourth-order valence-corrected chi connectivity index (χ4v) is 2.98. The molecule has 0 saturated heterocycles. The Balaban J connectivity index is 2.31. The molecule has 4 nitrogen and oxygen atoms in total. The van der Waals surface area contributed by atoms with E-state index < -0.39 is 0 Å². The summed E-state index contributed by atoms with van der Waals surface area (Å²) in [5.74, 6) is -0.166. The summed E-state index contributed by atoms with van der Waals surface area (Å²) in [5.41, 5.74) is 7.61. The number of pyridine rings is 1. The first kappa shape index (κ1) is 14.5. The summed E-state index contributed by atoms with van der Waals surface area (Å²) >= 11 is 1.35. The van der Waals surface area contributed by atoms with E-state index in [0.29, 0.717) is 17.1 Å². The lowest BCUT2D eigenvalue weighted by molar-refractivity contribution is 0.0963. The van der Waals surface area contributed by atoms with Gasteiger partial charge in [-0.05, 0) is 25.0 Å². The van der Waals surface area contributed by atoms with Gasteiger partial charge in [-0.15, -0.1) is 17.9 Å². The molecule has 1 amide bonds. The van der Waals surface area contributed by atoms with Crippen LogP contribution in [0.1, 0.15) is 35.1 Å². The molecule has 0 fully saturated rings. The number of hydrogen-bond acceptors (Lipinski definition) is 4. The molecule has 106 valence electrons. The third-order valence-electron chi connectivity index (χ3n) is 3.05. The number of fused-ring (bicyclic) bond motifs is 1. The van der Waals surface area contributed by atoms with Gasteiger partial charge < -0.3 is 11.1 Å². The highest BCUT2D eigenvalue weighted by molar-refractivity contribution is 7.21. The van der Waals surface area contributed by atoms with Crippen molar-refractivity contribution in [3.05, 3.63) is 35.4 Å². The number of aromatic nitrogens is 1. The van der Waals surface area contributed by atoms with Crippen molar-refractivity contribution in [3.8, 4) is 0 Å². The first-order chi connectivity index (χ1) is 9.67. The number of thiophene rings is 1. The van der Waals surface area contributed by atoms with Gasteiger partial charge in [0.2, 0.25) is 0 Å². The largest absolute Gasteiger partial charge is 0.397 e. The molecule has 2 heterocycles. The van der Waals surface area contributed by atoms with Gasteiger partial charge >= 0.3 is 0 Å². The van der Waals surface area contributed by atoms with Gasteiger partial charge in [0.15, 0.2) is 0 Å². The van der Waals surface area contributed by atoms with Crippen molar-refractivity contribution in [1.82, 2.24) is 10.3 Å². The maximum Gasteiger partial charge on any atom is 0.263 e. The standard InChI is InChI=1S/C15H19N3OS/c1-3-5-6-10-7-8-11-12(16)13(20-15(11)18-10)14(19)17-9-4-2/h4,7-8H,2-3,5-6,9,16H2,1H3,(H,17,19). The Kier molecular flexibility index (Phi) is 4.74. The molecule has 0 aliphatic heterocycles. The smallest absolute Gasteiger partial charge is 0.263 e. The van der Waals surface area contributed by atoms with Gasteiger partial charge in [-0.1, -0.05) is 19.4 Å². The Labute approximate surface area is 122 Å². The van der Waals surface area contributed by atoms with E-state index in [-0.39, 0.29) is 5.91 Å². The minimum Gasteiger partial charge on any atom is -0.397 e. The second-order valence-electron chi connectivity index (χ2n) is 4.60. The number of carbonyl (C=O) groups excluding carboxylic acids is 1. The van der Waals surface area contributed by atoms with Crippen LogP contribution in [0.15, 0.2) is 24.8 Å². The zero-order valence-corrected chi connectivity index (χ0v) is 12.4. The number of anilines is 1. The van der Waals surface area contributed by atoms with Crippen molar-refractivity contribution in [2.24, 2.45) is 0 Å². The first-order valence-electron chi connectivity index (χ1n) is 6.74. The highest BCUT2D eigenvalue weighted by Gasteiger charge is 2.16. The zero-order valence-electron chi connectivity index (χ0n) is 11.6. The maximum absolute atomic E-state index is 12.0. The molecule has 2 aromatic rings. The van der Waals surface area contributed by atoms with Crippen LogP contribution in [0, 0.1) is 0 Å². The second kappa shape index (κ2) is 6.52. The third-order valence-corrected chi connectivity index (χ3v) is 4.17. The fourth-order valence-electron chi connectivity index (χ4n) is 1.95. The van der Waals surface area contributed by atoms with Gasteiger partial charge in [-0.3, -0.25) is 4.79 Å². The average Bonchev–Trinajstić information content (AvgIpc) is 2.79. The Morgan fingerprint density at radius 1 is 1.55 bits per heavy atom. The number of unbranched alkanes of at least 4 members (excludes halogenated alkanes) is 1. The van der Waals surface area contributed by atoms with Crippen LogP contribution < -0.4 is 11.1 Å². The van der Waals surface area contributed by atoms with Crippen LogP contribution in [-0.4, -0.2) is 17.4 Å². The van der Waals surface area contributed by atoms with Crippen molar-refractivity contribution < 1.29 is 4.79 Å². The Morgan fingerprint density at radius 3 is 3.05 bits per heavy atom. The molecule has 5 heteroatoms. The van der Waals surface area contributed by atoms with Crippen molar-refractivity contribution in [3.63, 3.8) is 0 Å². The predicted octanol–water partition coefficient (Wildman–Crippen LogP) is 3.14. The van der Waals surface area contributed by atoms with Gasteiger partial charge in [0.25, 0.3) is 5.91 Å². The molecule has 3 N–H and O–H groups in total. The van der Waals surface area contributed by atoms with Crippen LogP contribution in [-0.2, 0) is 6.42 Å². The van der Waals surface area contributed by atoms with Crippen molar-refractivity contribution >= 4 is 33.1 Å². The fraction of sp³-hybridized carbons (Fsp3) is 0.333. The van der Waals surface area contributed by atoms with Gasteiger partial charge in [0, 0.05) is 17.6 Å². The predicted molar refractivity (Wildman–Crippen MR) is 85.2 cm³/mol. The summed E-state index contributed by atoms with van der Waals surface area (Å²) in [6, 6.07) is 3.95. The number of nitrogens with one attached hydrogen (secondary N) is 1.